The Balaban J connectivity index is 1.49. The lowest BCUT2D eigenvalue weighted by Crippen LogP contribution is -2.19. The summed E-state index contributed by atoms with van der Waals surface area (Å²) >= 11 is 0. The standard InChI is InChI=1S/C20H17N5O/c1-25-10-8-15-12-17(5-6-19(15)25)24-20(26)23-16-4-2-3-14(11-16)18-7-9-21-13-22-18/h2-13H,1H3,(H2,23,24,26). The van der Waals surface area contributed by atoms with Gasteiger partial charge in [-0.25, -0.2) is 14.8 Å². The highest BCUT2D eigenvalue weighted by Gasteiger charge is 2.06. The molecule has 2 heterocycles. The van der Waals surface area contributed by atoms with Crippen LogP contribution >= 0.6 is 0 Å². The van der Waals surface area contributed by atoms with Crippen LogP contribution in [0.5, 0.6) is 0 Å². The number of nitrogens with one attached hydrogen (secondary N) is 2. The first kappa shape index (κ1) is 15.8. The van der Waals surface area contributed by atoms with Crippen molar-refractivity contribution in [3.05, 3.63) is 73.3 Å². The Bertz CT molecular complexity index is 1070. The summed E-state index contributed by atoms with van der Waals surface area (Å²) < 4.78 is 2.04. The first-order chi connectivity index (χ1) is 12.7. The summed E-state index contributed by atoms with van der Waals surface area (Å²) in [5.41, 5.74) is 4.27. The van der Waals surface area contributed by atoms with Crippen LogP contribution in [0.4, 0.5) is 16.2 Å². The van der Waals surface area contributed by atoms with Crippen LogP contribution in [0.15, 0.2) is 73.3 Å². The molecule has 0 aliphatic heterocycles. The van der Waals surface area contributed by atoms with E-state index in [2.05, 4.69) is 20.6 Å². The number of carbonyl (C=O) groups excluding carboxylic acids is 1. The number of nitrogens with zero attached hydrogens (tertiary/aromatic N) is 3. The van der Waals surface area contributed by atoms with Crippen molar-refractivity contribution in [3.8, 4) is 11.3 Å². The maximum absolute atomic E-state index is 12.3. The van der Waals surface area contributed by atoms with Crippen molar-refractivity contribution in [2.75, 3.05) is 10.6 Å². The first-order valence-electron chi connectivity index (χ1n) is 8.18. The van der Waals surface area contributed by atoms with E-state index >= 15 is 0 Å². The van der Waals surface area contributed by atoms with Crippen LogP contribution in [0, 0.1) is 0 Å². The molecule has 0 spiro atoms. The molecule has 0 bridgehead atoms. The average Bonchev–Trinajstić information content (AvgIpc) is 3.03. The second kappa shape index (κ2) is 6.68. The summed E-state index contributed by atoms with van der Waals surface area (Å²) in [5.74, 6) is 0. The Morgan fingerprint density at radius 2 is 1.85 bits per heavy atom. The van der Waals surface area contributed by atoms with Gasteiger partial charge in [0, 0.05) is 47.3 Å². The van der Waals surface area contributed by atoms with Crippen molar-refractivity contribution in [2.24, 2.45) is 7.05 Å². The largest absolute Gasteiger partial charge is 0.351 e. The molecular weight excluding hydrogens is 326 g/mol. The molecule has 0 radical (unpaired) electrons. The normalized spacial score (nSPS) is 10.7. The number of anilines is 2. The van der Waals surface area contributed by atoms with Gasteiger partial charge in [-0.05, 0) is 42.5 Å². The molecule has 128 valence electrons. The molecule has 6 nitrogen and oxygen atoms in total. The van der Waals surface area contributed by atoms with Gasteiger partial charge in [-0.1, -0.05) is 12.1 Å². The van der Waals surface area contributed by atoms with Crippen LogP contribution in [0.2, 0.25) is 0 Å². The third-order valence-electron chi connectivity index (χ3n) is 4.14. The predicted molar refractivity (Wildman–Crippen MR) is 103 cm³/mol. The molecule has 4 aromatic rings. The molecule has 0 unspecified atom stereocenters. The smallest absolute Gasteiger partial charge is 0.323 e. The van der Waals surface area contributed by atoms with Gasteiger partial charge in [0.1, 0.15) is 6.33 Å². The van der Waals surface area contributed by atoms with E-state index in [0.717, 1.165) is 27.8 Å². The van der Waals surface area contributed by atoms with Gasteiger partial charge in [0.2, 0.25) is 0 Å². The Labute approximate surface area is 150 Å². The maximum atomic E-state index is 12.3. The fraction of sp³-hybridized carbons (Fsp3) is 0.0500. The molecule has 0 aliphatic carbocycles. The second-order valence-electron chi connectivity index (χ2n) is 5.95. The van der Waals surface area contributed by atoms with Crippen LogP contribution in [0.1, 0.15) is 0 Å². The lowest BCUT2D eigenvalue weighted by Gasteiger charge is -2.09. The van der Waals surface area contributed by atoms with Crippen LogP contribution < -0.4 is 10.6 Å². The summed E-state index contributed by atoms with van der Waals surface area (Å²) in [6.45, 7) is 0. The maximum Gasteiger partial charge on any atom is 0.323 e. The zero-order valence-electron chi connectivity index (χ0n) is 14.2. The molecule has 0 fully saturated rings. The van der Waals surface area contributed by atoms with Crippen molar-refractivity contribution < 1.29 is 4.79 Å². The number of hydrogen-bond acceptors (Lipinski definition) is 3. The number of aromatic nitrogens is 3. The zero-order chi connectivity index (χ0) is 17.9. The Hall–Kier alpha value is -3.67. The number of benzene rings is 2. The quantitative estimate of drug-likeness (QED) is 0.583. The lowest BCUT2D eigenvalue weighted by molar-refractivity contribution is 0.262. The number of rotatable bonds is 3. The minimum atomic E-state index is -0.292. The molecule has 4 rings (SSSR count). The highest BCUT2D eigenvalue weighted by atomic mass is 16.2. The fourth-order valence-electron chi connectivity index (χ4n) is 2.87. The summed E-state index contributed by atoms with van der Waals surface area (Å²) in [4.78, 5) is 20.5. The molecule has 0 aliphatic rings. The average molecular weight is 343 g/mol. The number of carbonyl (C=O) groups is 1. The van der Waals surface area contributed by atoms with Crippen molar-refractivity contribution in [3.63, 3.8) is 0 Å². The molecule has 0 atom stereocenters. The Morgan fingerprint density at radius 1 is 1.00 bits per heavy atom. The van der Waals surface area contributed by atoms with Gasteiger partial charge in [-0.2, -0.15) is 0 Å². The van der Waals surface area contributed by atoms with E-state index in [0.29, 0.717) is 5.69 Å². The molecule has 26 heavy (non-hydrogen) atoms. The molecular formula is C20H17N5O. The summed E-state index contributed by atoms with van der Waals surface area (Å²) in [7, 11) is 1.99. The van der Waals surface area contributed by atoms with Gasteiger partial charge in [0.25, 0.3) is 0 Å². The third-order valence-corrected chi connectivity index (χ3v) is 4.14. The minimum absolute atomic E-state index is 0.292. The van der Waals surface area contributed by atoms with Gasteiger partial charge in [-0.3, -0.25) is 0 Å². The van der Waals surface area contributed by atoms with E-state index in [9.17, 15) is 4.79 Å². The van der Waals surface area contributed by atoms with Crippen LogP contribution in [-0.4, -0.2) is 20.6 Å². The van der Waals surface area contributed by atoms with Gasteiger partial charge in [-0.15, -0.1) is 0 Å². The fourth-order valence-corrected chi connectivity index (χ4v) is 2.87. The predicted octanol–water partition coefficient (Wildman–Crippen LogP) is 4.28. The Morgan fingerprint density at radius 3 is 2.65 bits per heavy atom. The molecule has 0 saturated carbocycles. The Kier molecular flexibility index (Phi) is 4.07. The van der Waals surface area contributed by atoms with E-state index < -0.39 is 0 Å². The number of amides is 2. The van der Waals surface area contributed by atoms with Crippen molar-refractivity contribution in [2.45, 2.75) is 0 Å². The highest BCUT2D eigenvalue weighted by Crippen LogP contribution is 2.22. The van der Waals surface area contributed by atoms with E-state index in [-0.39, 0.29) is 6.03 Å². The van der Waals surface area contributed by atoms with Gasteiger partial charge in [0.15, 0.2) is 0 Å². The lowest BCUT2D eigenvalue weighted by atomic mass is 10.1. The van der Waals surface area contributed by atoms with Crippen molar-refractivity contribution >= 4 is 28.3 Å². The summed E-state index contributed by atoms with van der Waals surface area (Å²) in [5, 5.41) is 6.80. The van der Waals surface area contributed by atoms with E-state index in [1.54, 1.807) is 6.20 Å². The highest BCUT2D eigenvalue weighted by molar-refractivity contribution is 6.01. The number of urea groups is 1. The van der Waals surface area contributed by atoms with Gasteiger partial charge >= 0.3 is 6.03 Å². The number of aryl methyl sites for hydroxylation is 1. The number of hydrogen-bond donors (Lipinski definition) is 2. The van der Waals surface area contributed by atoms with E-state index in [1.807, 2.05) is 72.4 Å². The van der Waals surface area contributed by atoms with Crippen LogP contribution in [-0.2, 0) is 7.05 Å². The monoisotopic (exact) mass is 343 g/mol. The molecule has 2 N–H and O–H groups in total. The number of fused-ring (bicyclic) bond motifs is 1. The van der Waals surface area contributed by atoms with Crippen LogP contribution in [0.3, 0.4) is 0 Å². The van der Waals surface area contributed by atoms with Crippen molar-refractivity contribution in [1.82, 2.24) is 14.5 Å². The van der Waals surface area contributed by atoms with Crippen molar-refractivity contribution in [1.29, 1.82) is 0 Å². The molecule has 2 aromatic carbocycles. The van der Waals surface area contributed by atoms with E-state index in [4.69, 9.17) is 0 Å². The third kappa shape index (κ3) is 3.25. The molecule has 0 saturated heterocycles. The van der Waals surface area contributed by atoms with Gasteiger partial charge < -0.3 is 15.2 Å². The minimum Gasteiger partial charge on any atom is -0.351 e. The molecule has 2 aromatic heterocycles. The summed E-state index contributed by atoms with van der Waals surface area (Å²) in [6, 6.07) is 16.9. The molecule has 2 amide bonds. The van der Waals surface area contributed by atoms with Gasteiger partial charge in [0.05, 0.1) is 5.69 Å². The summed E-state index contributed by atoms with van der Waals surface area (Å²) in [6.07, 6.45) is 5.18. The molecule has 6 heteroatoms. The zero-order valence-corrected chi connectivity index (χ0v) is 14.2. The van der Waals surface area contributed by atoms with E-state index in [1.165, 1.54) is 6.33 Å². The topological polar surface area (TPSA) is 71.8 Å². The SMILES string of the molecule is Cn1ccc2cc(NC(=O)Nc3cccc(-c4ccncn4)c3)ccc21. The second-order valence-corrected chi connectivity index (χ2v) is 5.95. The first-order valence-corrected chi connectivity index (χ1v) is 8.18. The van der Waals surface area contributed by atoms with Crippen LogP contribution in [0.25, 0.3) is 22.2 Å².